The molecule has 4 aromatic heterocycles. The summed E-state index contributed by atoms with van der Waals surface area (Å²) in [5.74, 6) is 0.682. The topological polar surface area (TPSA) is 88.8 Å². The zero-order valence-corrected chi connectivity index (χ0v) is 26.0. The Kier molecular flexibility index (Phi) is 6.57. The molecule has 2 saturated heterocycles. The minimum Gasteiger partial charge on any atom is -0.353 e. The van der Waals surface area contributed by atoms with Crippen LogP contribution in [0.3, 0.4) is 0 Å². The number of hydrogen-bond donors (Lipinski definition) is 1. The molecular formula is C25H22F3IN7OPS2. The lowest BCUT2D eigenvalue weighted by Gasteiger charge is -2.34. The first-order valence-corrected chi connectivity index (χ1v) is 19.0. The summed E-state index contributed by atoms with van der Waals surface area (Å²) in [5, 5.41) is 10.1. The van der Waals surface area contributed by atoms with Gasteiger partial charge >= 0.3 is 6.18 Å². The van der Waals surface area contributed by atoms with Gasteiger partial charge in [0.25, 0.3) is 0 Å². The largest absolute Gasteiger partial charge is 0.417 e. The molecule has 2 aliphatic rings. The lowest BCUT2D eigenvalue weighted by Crippen LogP contribution is -2.51. The number of aryl methyl sites for hydroxylation is 1. The molecule has 15 heteroatoms. The van der Waals surface area contributed by atoms with E-state index in [1.807, 2.05) is 6.07 Å². The average Bonchev–Trinajstić information content (AvgIpc) is 3.60. The highest BCUT2D eigenvalue weighted by Gasteiger charge is 2.39. The highest BCUT2D eigenvalue weighted by molar-refractivity contribution is 14.2. The predicted octanol–water partition coefficient (Wildman–Crippen LogP) is 6.05. The molecule has 1 N–H and O–H groups in total. The number of aromatic nitrogens is 5. The number of fused-ring (bicyclic) bond motifs is 6. The van der Waals surface area contributed by atoms with Gasteiger partial charge in [-0.05, 0) is 59.5 Å². The summed E-state index contributed by atoms with van der Waals surface area (Å²) < 4.78 is 58.7. The Labute approximate surface area is 247 Å². The average molecular weight is 716 g/mol. The lowest BCUT2D eigenvalue weighted by atomic mass is 9.94. The third kappa shape index (κ3) is 4.24. The third-order valence-electron chi connectivity index (χ3n) is 7.66. The van der Waals surface area contributed by atoms with Crippen molar-refractivity contribution < 1.29 is 17.4 Å². The monoisotopic (exact) mass is 715 g/mol. The van der Waals surface area contributed by atoms with Crippen molar-refractivity contribution in [3.05, 3.63) is 35.7 Å². The maximum Gasteiger partial charge on any atom is 0.417 e. The van der Waals surface area contributed by atoms with E-state index in [9.17, 15) is 17.4 Å². The number of nitrogens with zero attached hydrogens (tertiary/aromatic N) is 6. The first-order valence-electron chi connectivity index (χ1n) is 12.5. The number of nitrogens with one attached hydrogen (secondary N) is 1. The molecule has 2 fully saturated rings. The maximum absolute atomic E-state index is 14.6. The van der Waals surface area contributed by atoms with E-state index < -0.39 is 22.5 Å². The van der Waals surface area contributed by atoms with E-state index in [4.69, 9.17) is 4.98 Å². The van der Waals surface area contributed by atoms with E-state index in [1.54, 1.807) is 16.7 Å². The first-order chi connectivity index (χ1) is 19.1. The second-order valence-electron chi connectivity index (χ2n) is 10.2. The molecule has 0 saturated carbocycles. The standard InChI is InChI=1S/C25H22F3IN7OPS2/c1-11-7-16-15(8-31-36(16)38-29)17(19(11)25(26,27)28)20-21-14(5-6-30-20)18-22(33-24(40(2)37)34-23(18)39-21)35-9-12-3-4-13(10-35)32-12/h5-8,12-13,32,38H,3-4,9-10H2,1-2H3. The van der Waals surface area contributed by atoms with Crippen LogP contribution in [0.1, 0.15) is 24.0 Å². The number of halogens is 4. The van der Waals surface area contributed by atoms with Gasteiger partial charge in [-0.1, -0.05) is 0 Å². The fourth-order valence-electron chi connectivity index (χ4n) is 6.05. The SMILES string of the molecule is Cc1cc2c(cnn2PI)c(-c2nccc3c2sc2nc(S(C)=O)nc(N4CC5CCC(C4)N5)c23)c1C(F)(F)F. The smallest absolute Gasteiger partial charge is 0.353 e. The summed E-state index contributed by atoms with van der Waals surface area (Å²) in [7, 11) is -1.43. The summed E-state index contributed by atoms with van der Waals surface area (Å²) in [6.07, 6.45) is 2.39. The first kappa shape index (κ1) is 26.9. The Morgan fingerprint density at radius 2 is 1.95 bits per heavy atom. The minimum atomic E-state index is -4.60. The Hall–Kier alpha value is -2.00. The Balaban J connectivity index is 1.55. The van der Waals surface area contributed by atoms with Gasteiger partial charge in [0.05, 0.1) is 50.2 Å². The molecule has 8 nitrogen and oxygen atoms in total. The van der Waals surface area contributed by atoms with Crippen LogP contribution in [-0.4, -0.2) is 60.1 Å². The van der Waals surface area contributed by atoms with Gasteiger partial charge in [-0.2, -0.15) is 18.3 Å². The summed E-state index contributed by atoms with van der Waals surface area (Å²) in [6.45, 7) is 2.98. The highest BCUT2D eigenvalue weighted by atomic mass is 127. The molecule has 6 heterocycles. The van der Waals surface area contributed by atoms with Gasteiger partial charge < -0.3 is 10.2 Å². The summed E-state index contributed by atoms with van der Waals surface area (Å²) in [5.41, 5.74) is 0.299. The van der Waals surface area contributed by atoms with Crippen molar-refractivity contribution in [2.24, 2.45) is 0 Å². The van der Waals surface area contributed by atoms with Crippen molar-refractivity contribution in [1.82, 2.24) is 29.8 Å². The van der Waals surface area contributed by atoms with Crippen molar-refractivity contribution in [2.75, 3.05) is 24.2 Å². The molecule has 0 amide bonds. The quantitative estimate of drug-likeness (QED) is 0.138. The van der Waals surface area contributed by atoms with E-state index >= 15 is 0 Å². The molecule has 4 unspecified atom stereocenters. The molecule has 208 valence electrons. The number of anilines is 1. The van der Waals surface area contributed by atoms with Crippen LogP contribution in [-0.2, 0) is 17.0 Å². The number of rotatable bonds is 4. The van der Waals surface area contributed by atoms with Crippen LogP contribution in [0.5, 0.6) is 0 Å². The van der Waals surface area contributed by atoms with E-state index in [2.05, 4.69) is 47.3 Å². The molecule has 2 aliphatic heterocycles. The molecular weight excluding hydrogens is 693 g/mol. The minimum absolute atomic E-state index is 0.0228. The third-order valence-corrected chi connectivity index (χ3v) is 11.3. The maximum atomic E-state index is 14.6. The van der Waals surface area contributed by atoms with Crippen molar-refractivity contribution in [1.29, 1.82) is 0 Å². The number of benzene rings is 1. The van der Waals surface area contributed by atoms with Crippen molar-refractivity contribution in [3.63, 3.8) is 0 Å². The zero-order valence-electron chi connectivity index (χ0n) is 21.2. The van der Waals surface area contributed by atoms with Crippen LogP contribution >= 0.6 is 39.8 Å². The van der Waals surface area contributed by atoms with Crippen molar-refractivity contribution in [3.8, 4) is 11.3 Å². The summed E-state index contributed by atoms with van der Waals surface area (Å²) in [4.78, 5) is 16.7. The number of thiophene rings is 1. The fourth-order valence-corrected chi connectivity index (χ4v) is 9.23. The van der Waals surface area contributed by atoms with Crippen LogP contribution in [0.2, 0.25) is 0 Å². The molecule has 5 aromatic rings. The zero-order chi connectivity index (χ0) is 27.9. The second-order valence-corrected chi connectivity index (χ2v) is 14.5. The Morgan fingerprint density at radius 3 is 2.62 bits per heavy atom. The van der Waals surface area contributed by atoms with Gasteiger partial charge in [-0.25, -0.2) is 14.4 Å². The highest BCUT2D eigenvalue weighted by Crippen LogP contribution is 2.48. The van der Waals surface area contributed by atoms with Crippen LogP contribution in [0.4, 0.5) is 19.0 Å². The van der Waals surface area contributed by atoms with Crippen LogP contribution in [0.25, 0.3) is 42.5 Å². The lowest BCUT2D eigenvalue weighted by molar-refractivity contribution is -0.137. The van der Waals surface area contributed by atoms with E-state index in [-0.39, 0.29) is 28.4 Å². The van der Waals surface area contributed by atoms with Gasteiger partial charge in [0.15, 0.2) is 0 Å². The molecule has 0 aliphatic carbocycles. The van der Waals surface area contributed by atoms with Crippen molar-refractivity contribution in [2.45, 2.75) is 43.2 Å². The van der Waals surface area contributed by atoms with Crippen LogP contribution in [0, 0.1) is 6.92 Å². The summed E-state index contributed by atoms with van der Waals surface area (Å²) >= 11 is 3.44. The molecule has 1 aromatic carbocycles. The van der Waals surface area contributed by atoms with E-state index in [0.717, 1.165) is 36.7 Å². The van der Waals surface area contributed by atoms with Gasteiger partial charge in [0, 0.05) is 54.0 Å². The van der Waals surface area contributed by atoms with Gasteiger partial charge in [-0.3, -0.25) is 9.19 Å². The van der Waals surface area contributed by atoms with E-state index in [1.165, 1.54) is 30.7 Å². The van der Waals surface area contributed by atoms with Gasteiger partial charge in [-0.15, -0.1) is 11.3 Å². The Bertz CT molecular complexity index is 1850. The Morgan fingerprint density at radius 1 is 1.20 bits per heavy atom. The second kappa shape index (κ2) is 9.79. The number of alkyl halides is 3. The van der Waals surface area contributed by atoms with Crippen molar-refractivity contribution >= 4 is 87.6 Å². The molecule has 0 radical (unpaired) electrons. The molecule has 4 atom stereocenters. The molecule has 2 bridgehead atoms. The predicted molar refractivity (Wildman–Crippen MR) is 163 cm³/mol. The fraction of sp³-hybridized carbons (Fsp3) is 0.360. The van der Waals surface area contributed by atoms with E-state index in [0.29, 0.717) is 38.3 Å². The number of piperazine rings is 1. The van der Waals surface area contributed by atoms with Gasteiger partial charge in [0.2, 0.25) is 5.16 Å². The molecule has 40 heavy (non-hydrogen) atoms. The number of pyridine rings is 1. The molecule has 0 spiro atoms. The van der Waals surface area contributed by atoms with Gasteiger partial charge in [0.1, 0.15) is 10.6 Å². The summed E-state index contributed by atoms with van der Waals surface area (Å²) in [6, 6.07) is 4.05. The normalized spacial score (nSPS) is 20.6. The van der Waals surface area contributed by atoms with Crippen LogP contribution in [0.15, 0.2) is 29.7 Å². The number of hydrogen-bond acceptors (Lipinski definition) is 8. The van der Waals surface area contributed by atoms with Crippen LogP contribution < -0.4 is 10.2 Å². The molecule has 7 rings (SSSR count).